The Morgan fingerprint density at radius 2 is 0.941 bits per heavy atom. The van der Waals surface area contributed by atoms with E-state index in [9.17, 15) is 19.2 Å². The van der Waals surface area contributed by atoms with Crippen LogP contribution >= 0.6 is 0 Å². The van der Waals surface area contributed by atoms with Gasteiger partial charge in [-0.15, -0.1) is 0 Å². The molecule has 1 saturated heterocycles. The first-order valence-electron chi connectivity index (χ1n) is 18.3. The van der Waals surface area contributed by atoms with E-state index in [1.807, 2.05) is 20.8 Å². The molecular formula is C36H67N3O12. The van der Waals surface area contributed by atoms with Crippen LogP contribution in [0, 0.1) is 16.7 Å². The lowest BCUT2D eigenvalue weighted by atomic mass is 9.80. The Hall–Kier alpha value is -2.24. The lowest BCUT2D eigenvalue weighted by molar-refractivity contribution is -0.140. The molecule has 1 rings (SSSR count). The SMILES string of the molecule is CC(C)(C)CCNC(=O)CCOCCOCCOCCOCCOCCOCCOCCOCCNC(=O)CCN1C(=O)CC(C(C)(C)C)C1=O. The third-order valence-corrected chi connectivity index (χ3v) is 7.70. The zero-order valence-electron chi connectivity index (χ0n) is 32.2. The van der Waals surface area contributed by atoms with Crippen molar-refractivity contribution < 1.29 is 57.1 Å². The van der Waals surface area contributed by atoms with Gasteiger partial charge in [0.1, 0.15) is 0 Å². The summed E-state index contributed by atoms with van der Waals surface area (Å²) in [6, 6.07) is 0. The summed E-state index contributed by atoms with van der Waals surface area (Å²) in [4.78, 5) is 49.7. The maximum Gasteiger partial charge on any atom is 0.233 e. The quantitative estimate of drug-likeness (QED) is 0.0763. The number of imide groups is 1. The maximum absolute atomic E-state index is 12.5. The van der Waals surface area contributed by atoms with Crippen LogP contribution in [-0.2, 0) is 57.1 Å². The summed E-state index contributed by atoms with van der Waals surface area (Å²) in [6.07, 6.45) is 1.58. The lowest BCUT2D eigenvalue weighted by Crippen LogP contribution is -2.37. The second-order valence-electron chi connectivity index (χ2n) is 14.4. The topological polar surface area (TPSA) is 169 Å². The van der Waals surface area contributed by atoms with Gasteiger partial charge in [0.15, 0.2) is 0 Å². The minimum atomic E-state index is -0.336. The normalized spacial score (nSPS) is 15.2. The fraction of sp³-hybridized carbons (Fsp3) is 0.889. The molecule has 0 radical (unpaired) electrons. The van der Waals surface area contributed by atoms with Gasteiger partial charge in [-0.3, -0.25) is 24.1 Å². The number of ether oxygens (including phenoxy) is 8. The molecule has 0 saturated carbocycles. The number of nitrogens with one attached hydrogen (secondary N) is 2. The molecule has 0 spiro atoms. The molecule has 1 fully saturated rings. The number of nitrogens with zero attached hydrogens (tertiary/aromatic N) is 1. The van der Waals surface area contributed by atoms with Crippen LogP contribution in [0.2, 0.25) is 0 Å². The van der Waals surface area contributed by atoms with E-state index in [2.05, 4.69) is 31.4 Å². The third kappa shape index (κ3) is 26.2. The van der Waals surface area contributed by atoms with E-state index in [0.717, 1.165) is 6.42 Å². The highest BCUT2D eigenvalue weighted by Gasteiger charge is 2.44. The largest absolute Gasteiger partial charge is 0.379 e. The first kappa shape index (κ1) is 46.8. The summed E-state index contributed by atoms with van der Waals surface area (Å²) in [5.74, 6) is -0.959. The molecule has 1 aliphatic rings. The van der Waals surface area contributed by atoms with Crippen LogP contribution in [0.4, 0.5) is 0 Å². The van der Waals surface area contributed by atoms with E-state index in [1.165, 1.54) is 4.90 Å². The van der Waals surface area contributed by atoms with Gasteiger partial charge in [-0.2, -0.15) is 0 Å². The van der Waals surface area contributed by atoms with Crippen molar-refractivity contribution in [3.05, 3.63) is 0 Å². The third-order valence-electron chi connectivity index (χ3n) is 7.70. The molecule has 0 aromatic rings. The van der Waals surface area contributed by atoms with Crippen molar-refractivity contribution in [2.24, 2.45) is 16.7 Å². The van der Waals surface area contributed by atoms with Gasteiger partial charge in [-0.25, -0.2) is 0 Å². The molecule has 1 atom stereocenters. The predicted molar refractivity (Wildman–Crippen MR) is 190 cm³/mol. The van der Waals surface area contributed by atoms with Crippen molar-refractivity contribution in [3.8, 4) is 0 Å². The van der Waals surface area contributed by atoms with Gasteiger partial charge >= 0.3 is 0 Å². The van der Waals surface area contributed by atoms with E-state index < -0.39 is 0 Å². The van der Waals surface area contributed by atoms with E-state index >= 15 is 0 Å². The van der Waals surface area contributed by atoms with Crippen molar-refractivity contribution in [2.75, 3.05) is 125 Å². The molecule has 4 amide bonds. The second-order valence-corrected chi connectivity index (χ2v) is 14.4. The molecule has 51 heavy (non-hydrogen) atoms. The number of carbonyl (C=O) groups excluding carboxylic acids is 4. The number of hydrogen-bond donors (Lipinski definition) is 2. The van der Waals surface area contributed by atoms with Gasteiger partial charge < -0.3 is 48.5 Å². The molecule has 298 valence electrons. The summed E-state index contributed by atoms with van der Waals surface area (Å²) in [6.45, 7) is 20.4. The molecule has 15 nitrogen and oxygen atoms in total. The van der Waals surface area contributed by atoms with E-state index in [-0.39, 0.29) is 59.8 Å². The Labute approximate surface area is 305 Å². The summed E-state index contributed by atoms with van der Waals surface area (Å²) < 4.78 is 43.7. The first-order chi connectivity index (χ1) is 24.3. The van der Waals surface area contributed by atoms with E-state index in [1.54, 1.807) is 0 Å². The number of hydrogen-bond acceptors (Lipinski definition) is 12. The Morgan fingerprint density at radius 1 is 0.569 bits per heavy atom. The highest BCUT2D eigenvalue weighted by atomic mass is 16.6. The lowest BCUT2D eigenvalue weighted by Gasteiger charge is -2.24. The Balaban J connectivity index is 1.74. The molecule has 2 N–H and O–H groups in total. The van der Waals surface area contributed by atoms with Crippen molar-refractivity contribution >= 4 is 23.6 Å². The molecular weight excluding hydrogens is 666 g/mol. The Kier molecular flexibility index (Phi) is 25.9. The number of carbonyl (C=O) groups is 4. The van der Waals surface area contributed by atoms with E-state index in [4.69, 9.17) is 37.9 Å². The summed E-state index contributed by atoms with van der Waals surface area (Å²) in [5.41, 5.74) is -0.0754. The van der Waals surface area contributed by atoms with Crippen molar-refractivity contribution in [3.63, 3.8) is 0 Å². The molecule has 0 aliphatic carbocycles. The van der Waals surface area contributed by atoms with Gasteiger partial charge in [-0.1, -0.05) is 41.5 Å². The zero-order chi connectivity index (χ0) is 37.8. The Bertz CT molecular complexity index is 955. The van der Waals surface area contributed by atoms with Gasteiger partial charge in [-0.05, 0) is 17.3 Å². The van der Waals surface area contributed by atoms with Crippen LogP contribution < -0.4 is 10.6 Å². The van der Waals surface area contributed by atoms with Crippen molar-refractivity contribution in [1.29, 1.82) is 0 Å². The zero-order valence-corrected chi connectivity index (χ0v) is 32.2. The average Bonchev–Trinajstić information content (AvgIpc) is 3.35. The molecule has 0 aromatic heterocycles. The molecule has 1 unspecified atom stereocenters. The van der Waals surface area contributed by atoms with Crippen LogP contribution in [-0.4, -0.2) is 154 Å². The predicted octanol–water partition coefficient (Wildman–Crippen LogP) is 1.99. The van der Waals surface area contributed by atoms with E-state index in [0.29, 0.717) is 125 Å². The standard InChI is InChI=1S/C36H67N3O12/c1-35(2,3)9-10-37-32(41)8-13-44-15-17-46-19-21-48-23-25-50-27-28-51-26-24-49-22-20-47-18-16-45-14-11-38-31(40)7-12-39-33(42)29-30(34(39)43)36(4,5)6/h30H,7-29H2,1-6H3,(H,37,41)(H,38,40). The fourth-order valence-corrected chi connectivity index (χ4v) is 4.63. The Morgan fingerprint density at radius 3 is 1.33 bits per heavy atom. The molecule has 0 aromatic carbocycles. The highest BCUT2D eigenvalue weighted by molar-refractivity contribution is 6.04. The molecule has 1 heterocycles. The first-order valence-corrected chi connectivity index (χ1v) is 18.3. The van der Waals surface area contributed by atoms with Crippen LogP contribution in [0.15, 0.2) is 0 Å². The number of rotatable bonds is 32. The fourth-order valence-electron chi connectivity index (χ4n) is 4.63. The van der Waals surface area contributed by atoms with Gasteiger partial charge in [0.05, 0.1) is 112 Å². The van der Waals surface area contributed by atoms with Crippen LogP contribution in [0.25, 0.3) is 0 Å². The number of likely N-dealkylation sites (tertiary alicyclic amines) is 1. The highest BCUT2D eigenvalue weighted by Crippen LogP contribution is 2.35. The molecule has 1 aliphatic heterocycles. The van der Waals surface area contributed by atoms with Gasteiger partial charge in [0, 0.05) is 38.9 Å². The van der Waals surface area contributed by atoms with Crippen LogP contribution in [0.1, 0.15) is 67.2 Å². The van der Waals surface area contributed by atoms with Crippen molar-refractivity contribution in [2.45, 2.75) is 67.2 Å². The summed E-state index contributed by atoms with van der Waals surface area (Å²) in [5, 5.41) is 5.64. The number of amides is 4. The second kappa shape index (κ2) is 28.3. The van der Waals surface area contributed by atoms with Crippen LogP contribution in [0.3, 0.4) is 0 Å². The van der Waals surface area contributed by atoms with Crippen molar-refractivity contribution in [1.82, 2.24) is 15.5 Å². The minimum absolute atomic E-state index is 0.00974. The maximum atomic E-state index is 12.5. The summed E-state index contributed by atoms with van der Waals surface area (Å²) in [7, 11) is 0. The van der Waals surface area contributed by atoms with Crippen LogP contribution in [0.5, 0.6) is 0 Å². The van der Waals surface area contributed by atoms with Gasteiger partial charge in [0.25, 0.3) is 0 Å². The monoisotopic (exact) mass is 733 g/mol. The average molecular weight is 734 g/mol. The molecule has 0 bridgehead atoms. The minimum Gasteiger partial charge on any atom is -0.379 e. The summed E-state index contributed by atoms with van der Waals surface area (Å²) >= 11 is 0. The van der Waals surface area contributed by atoms with Gasteiger partial charge in [0.2, 0.25) is 23.6 Å². The smallest absolute Gasteiger partial charge is 0.233 e. The molecule has 15 heteroatoms.